The smallest absolute Gasteiger partial charge is 0.191 e. The average molecular weight is 517 g/mol. The van der Waals surface area contributed by atoms with Crippen LogP contribution in [0.25, 0.3) is 11.0 Å². The molecule has 2 N–H and O–H groups in total. The zero-order valence-corrected chi connectivity index (χ0v) is 20.1. The van der Waals surface area contributed by atoms with Gasteiger partial charge in [0.15, 0.2) is 5.96 Å². The fraction of sp³-hybridized carbons (Fsp3) is 0.571. The normalized spacial score (nSPS) is 21.2. The number of hydrogen-bond acceptors (Lipinski definition) is 3. The number of rotatable bonds is 6. The molecule has 1 heterocycles. The predicted octanol–water partition coefficient (Wildman–Crippen LogP) is 4.49. The van der Waals surface area contributed by atoms with Gasteiger partial charge >= 0.3 is 0 Å². The zero-order valence-electron chi connectivity index (χ0n) is 17.0. The summed E-state index contributed by atoms with van der Waals surface area (Å²) in [5, 5.41) is 8.34. The number of fused-ring (bicyclic) bond motifs is 1. The number of benzene rings is 1. The van der Waals surface area contributed by atoms with E-state index in [2.05, 4.69) is 30.5 Å². The summed E-state index contributed by atoms with van der Waals surface area (Å²) in [5.41, 5.74) is 2.07. The van der Waals surface area contributed by atoms with E-state index in [0.29, 0.717) is 17.8 Å². The van der Waals surface area contributed by atoms with Gasteiger partial charge in [0.25, 0.3) is 0 Å². The van der Waals surface area contributed by atoms with Gasteiger partial charge < -0.3 is 15.1 Å². The molecule has 3 unspecified atom stereocenters. The van der Waals surface area contributed by atoms with Crippen molar-refractivity contribution in [1.29, 1.82) is 0 Å². The molecular formula is C21H32IN3O2S. The molecule has 0 amide bonds. The molecule has 2 aromatic rings. The first-order valence-corrected chi connectivity index (χ1v) is 11.4. The van der Waals surface area contributed by atoms with Gasteiger partial charge in [-0.15, -0.1) is 24.0 Å². The van der Waals surface area contributed by atoms with Gasteiger partial charge in [-0.2, -0.15) is 0 Å². The van der Waals surface area contributed by atoms with Crippen LogP contribution in [0.15, 0.2) is 33.7 Å². The number of aryl methyl sites for hydroxylation is 1. The van der Waals surface area contributed by atoms with Gasteiger partial charge in [0.2, 0.25) is 0 Å². The van der Waals surface area contributed by atoms with Gasteiger partial charge in [-0.25, -0.2) is 4.99 Å². The van der Waals surface area contributed by atoms with Crippen LogP contribution in [-0.2, 0) is 17.3 Å². The van der Waals surface area contributed by atoms with Crippen molar-refractivity contribution in [1.82, 2.24) is 10.6 Å². The van der Waals surface area contributed by atoms with Gasteiger partial charge in [-0.3, -0.25) is 4.21 Å². The van der Waals surface area contributed by atoms with Crippen LogP contribution in [0.4, 0.5) is 0 Å². The first-order valence-electron chi connectivity index (χ1n) is 10.0. The summed E-state index contributed by atoms with van der Waals surface area (Å²) in [5.74, 6) is 2.46. The molecule has 3 rings (SSSR count). The second-order valence-electron chi connectivity index (χ2n) is 7.14. The molecule has 1 aromatic heterocycles. The summed E-state index contributed by atoms with van der Waals surface area (Å²) in [7, 11) is -0.714. The Morgan fingerprint density at radius 3 is 2.79 bits per heavy atom. The van der Waals surface area contributed by atoms with E-state index in [-0.39, 0.29) is 24.0 Å². The third-order valence-electron chi connectivity index (χ3n) is 5.29. The average Bonchev–Trinajstić information content (AvgIpc) is 3.02. The molecule has 0 spiro atoms. The maximum absolute atomic E-state index is 12.2. The summed E-state index contributed by atoms with van der Waals surface area (Å²) in [6.45, 7) is 7.48. The summed E-state index contributed by atoms with van der Waals surface area (Å²) in [6, 6.07) is 8.43. The second-order valence-corrected chi connectivity index (χ2v) is 9.15. The lowest BCUT2D eigenvalue weighted by molar-refractivity contribution is 0.413. The highest BCUT2D eigenvalue weighted by atomic mass is 127. The van der Waals surface area contributed by atoms with Crippen LogP contribution < -0.4 is 10.6 Å². The number of aliphatic imine (C=N–C) groups is 1. The molecule has 28 heavy (non-hydrogen) atoms. The third-order valence-corrected chi connectivity index (χ3v) is 7.03. The SMILES string of the molecule is CCNC(=NCc1oc2ccccc2c1C)NC1CCCC(S(=O)CC)C1.I. The number of nitrogens with zero attached hydrogens (tertiary/aromatic N) is 1. The molecule has 0 radical (unpaired) electrons. The molecular weight excluding hydrogens is 485 g/mol. The highest BCUT2D eigenvalue weighted by Gasteiger charge is 2.26. The lowest BCUT2D eigenvalue weighted by Crippen LogP contribution is -2.46. The Morgan fingerprint density at radius 1 is 1.29 bits per heavy atom. The van der Waals surface area contributed by atoms with Crippen LogP contribution >= 0.6 is 24.0 Å². The summed E-state index contributed by atoms with van der Waals surface area (Å²) < 4.78 is 18.2. The van der Waals surface area contributed by atoms with E-state index >= 15 is 0 Å². The van der Waals surface area contributed by atoms with E-state index in [4.69, 9.17) is 9.41 Å². The van der Waals surface area contributed by atoms with Gasteiger partial charge in [0, 0.05) is 45.3 Å². The minimum atomic E-state index is -0.714. The van der Waals surface area contributed by atoms with E-state index in [1.54, 1.807) is 0 Å². The first-order chi connectivity index (χ1) is 13.1. The van der Waals surface area contributed by atoms with Crippen molar-refractivity contribution in [3.05, 3.63) is 35.6 Å². The van der Waals surface area contributed by atoms with Crippen LogP contribution in [0, 0.1) is 6.92 Å². The molecule has 0 bridgehead atoms. The summed E-state index contributed by atoms with van der Waals surface area (Å²) >= 11 is 0. The topological polar surface area (TPSA) is 66.6 Å². The summed E-state index contributed by atoms with van der Waals surface area (Å²) in [6.07, 6.45) is 4.25. The third kappa shape index (κ3) is 5.72. The molecule has 3 atom stereocenters. The van der Waals surface area contributed by atoms with Crippen molar-refractivity contribution in [2.75, 3.05) is 12.3 Å². The standard InChI is InChI=1S/C21H31N3O2S.HI/c1-4-22-21(24-16-9-8-10-17(13-16)27(25)5-2)23-14-20-15(3)18-11-6-7-12-19(18)26-20;/h6-7,11-12,16-17H,4-5,8-10,13-14H2,1-3H3,(H2,22,23,24);1H. The fourth-order valence-corrected chi connectivity index (χ4v) is 5.14. The first kappa shape index (κ1) is 23.2. The van der Waals surface area contributed by atoms with E-state index in [1.165, 1.54) is 0 Å². The van der Waals surface area contributed by atoms with Crippen LogP contribution in [-0.4, -0.2) is 33.8 Å². The van der Waals surface area contributed by atoms with Crippen molar-refractivity contribution in [3.8, 4) is 0 Å². The number of halogens is 1. The predicted molar refractivity (Wildman–Crippen MR) is 129 cm³/mol. The number of guanidine groups is 1. The molecule has 0 saturated heterocycles. The number of furan rings is 1. The zero-order chi connectivity index (χ0) is 19.2. The molecule has 1 saturated carbocycles. The van der Waals surface area contributed by atoms with Crippen LogP contribution in [0.2, 0.25) is 0 Å². The Bertz CT molecular complexity index is 821. The monoisotopic (exact) mass is 517 g/mol. The molecule has 1 aliphatic carbocycles. The van der Waals surface area contributed by atoms with E-state index < -0.39 is 10.8 Å². The van der Waals surface area contributed by atoms with Crippen molar-refractivity contribution in [2.24, 2.45) is 4.99 Å². The van der Waals surface area contributed by atoms with Crippen molar-refractivity contribution >= 4 is 51.7 Å². The number of hydrogen-bond donors (Lipinski definition) is 2. The highest BCUT2D eigenvalue weighted by Crippen LogP contribution is 2.26. The van der Waals surface area contributed by atoms with E-state index in [0.717, 1.165) is 66.2 Å². The van der Waals surface area contributed by atoms with Crippen molar-refractivity contribution in [2.45, 2.75) is 64.3 Å². The fourth-order valence-electron chi connectivity index (χ4n) is 3.79. The van der Waals surface area contributed by atoms with Crippen molar-refractivity contribution in [3.63, 3.8) is 0 Å². The lowest BCUT2D eigenvalue weighted by atomic mass is 9.95. The largest absolute Gasteiger partial charge is 0.459 e. The van der Waals surface area contributed by atoms with Gasteiger partial charge in [0.05, 0.1) is 0 Å². The highest BCUT2D eigenvalue weighted by molar-refractivity contribution is 14.0. The van der Waals surface area contributed by atoms with Gasteiger partial charge in [-0.05, 0) is 39.2 Å². The maximum Gasteiger partial charge on any atom is 0.191 e. The number of para-hydroxylation sites is 1. The lowest BCUT2D eigenvalue weighted by Gasteiger charge is -2.30. The molecule has 5 nitrogen and oxygen atoms in total. The Morgan fingerprint density at radius 2 is 2.07 bits per heavy atom. The number of nitrogens with one attached hydrogen (secondary N) is 2. The molecule has 156 valence electrons. The Labute approximate surface area is 187 Å². The van der Waals surface area contributed by atoms with E-state index in [1.807, 2.05) is 25.1 Å². The van der Waals surface area contributed by atoms with Crippen LogP contribution in [0.1, 0.15) is 50.9 Å². The Kier molecular flexibility index (Phi) is 9.27. The van der Waals surface area contributed by atoms with Gasteiger partial charge in [-0.1, -0.05) is 31.5 Å². The maximum atomic E-state index is 12.2. The van der Waals surface area contributed by atoms with Crippen LogP contribution in [0.3, 0.4) is 0 Å². The molecule has 0 aliphatic heterocycles. The molecule has 7 heteroatoms. The second kappa shape index (κ2) is 11.2. The van der Waals surface area contributed by atoms with Gasteiger partial charge in [0.1, 0.15) is 17.9 Å². The minimum absolute atomic E-state index is 0. The quantitative estimate of drug-likeness (QED) is 0.337. The van der Waals surface area contributed by atoms with E-state index in [9.17, 15) is 4.21 Å². The molecule has 1 aromatic carbocycles. The molecule has 1 fully saturated rings. The van der Waals surface area contributed by atoms with Crippen molar-refractivity contribution < 1.29 is 8.63 Å². The van der Waals surface area contributed by atoms with Crippen LogP contribution in [0.5, 0.6) is 0 Å². The minimum Gasteiger partial charge on any atom is -0.459 e. The Balaban J connectivity index is 0.00000280. The molecule has 1 aliphatic rings. The summed E-state index contributed by atoms with van der Waals surface area (Å²) in [4.78, 5) is 4.75. The Hall–Kier alpha value is -1.09.